The average Bonchev–Trinajstić information content (AvgIpc) is 3.25. The van der Waals surface area contributed by atoms with Gasteiger partial charge in [0, 0.05) is 20.3 Å². The number of ether oxygens (including phenoxy) is 3. The van der Waals surface area contributed by atoms with E-state index in [0.717, 1.165) is 95.4 Å². The van der Waals surface area contributed by atoms with E-state index in [-0.39, 0.29) is 55.6 Å². The van der Waals surface area contributed by atoms with Gasteiger partial charge in [-0.15, -0.1) is 34.8 Å². The lowest BCUT2D eigenvalue weighted by atomic mass is 10.0. The number of carbonyl (C=O) groups excluding carboxylic acids is 3. The van der Waals surface area contributed by atoms with Gasteiger partial charge in [-0.3, -0.25) is 29.1 Å². The van der Waals surface area contributed by atoms with E-state index in [1.807, 2.05) is 56.3 Å². The van der Waals surface area contributed by atoms with Gasteiger partial charge in [0.05, 0.1) is 17.1 Å². The lowest BCUT2D eigenvalue weighted by Crippen LogP contribution is -2.35. The third kappa shape index (κ3) is 16.2. The van der Waals surface area contributed by atoms with E-state index in [2.05, 4.69) is 53.7 Å². The third-order valence-corrected chi connectivity index (χ3v) is 9.92. The van der Waals surface area contributed by atoms with E-state index in [4.69, 9.17) is 49.0 Å². The molecule has 0 aliphatic heterocycles. The Kier molecular flexibility index (Phi) is 27.2. The molecule has 0 saturated heterocycles. The second-order valence-electron chi connectivity index (χ2n) is 13.0. The normalized spacial score (nSPS) is 10.5. The second kappa shape index (κ2) is 29.9. The fourth-order valence-electron chi connectivity index (χ4n) is 6.23. The first-order valence-electron chi connectivity index (χ1n) is 20.1. The Hall–Kier alpha value is -3.18. The van der Waals surface area contributed by atoms with Gasteiger partial charge < -0.3 is 14.2 Å². The molecule has 3 rings (SSSR count). The lowest BCUT2D eigenvalue weighted by molar-refractivity contribution is -0.118. The number of alkyl halides is 3. The molecule has 3 amide bonds. The van der Waals surface area contributed by atoms with Crippen molar-refractivity contribution >= 4 is 69.6 Å². The van der Waals surface area contributed by atoms with E-state index >= 15 is 0 Å². The smallest absolute Gasteiger partial charge is 0.243 e. The van der Waals surface area contributed by atoms with Crippen LogP contribution in [0, 0.1) is 6.92 Å². The molecule has 0 atom stereocenters. The first-order valence-corrected chi connectivity index (χ1v) is 21.7. The monoisotopic (exact) mass is 849 g/mol. The molecule has 3 aromatic carbocycles. The molecule has 0 aromatic heterocycles. The molecule has 3 aromatic rings. The Morgan fingerprint density at radius 3 is 1.23 bits per heavy atom. The number of anilines is 3. The first kappa shape index (κ1) is 51.8. The van der Waals surface area contributed by atoms with Gasteiger partial charge in [0.2, 0.25) is 17.7 Å². The van der Waals surface area contributed by atoms with Gasteiger partial charge in [-0.2, -0.15) is 0 Å². The number of halogens is 3. The number of unbranched alkanes of at least 4 members (excludes halogenated alkanes) is 1. The zero-order chi connectivity index (χ0) is 42.8. The maximum Gasteiger partial charge on any atom is 0.243 e. The summed E-state index contributed by atoms with van der Waals surface area (Å²) in [5.41, 5.74) is 9.66. The predicted octanol–water partition coefficient (Wildman–Crippen LogP) is 10.3. The van der Waals surface area contributed by atoms with Crippen LogP contribution < -0.4 is 14.7 Å². The van der Waals surface area contributed by atoms with Crippen LogP contribution in [0.3, 0.4) is 0 Å². The van der Waals surface area contributed by atoms with Crippen LogP contribution >= 0.6 is 34.8 Å². The van der Waals surface area contributed by atoms with Crippen molar-refractivity contribution in [2.45, 2.75) is 100 Å². The molecule has 0 unspecified atom stereocenters. The second-order valence-corrected chi connectivity index (χ2v) is 13.8. The summed E-state index contributed by atoms with van der Waals surface area (Å²) in [4.78, 5) is 41.1. The highest BCUT2D eigenvalue weighted by molar-refractivity contribution is 6.30. The number of rotatable bonds is 21. The molecule has 9 nitrogen and oxygen atoms in total. The number of hydrogen-bond acceptors (Lipinski definition) is 6. The van der Waals surface area contributed by atoms with Crippen LogP contribution in [0.25, 0.3) is 0 Å². The Morgan fingerprint density at radius 2 is 0.877 bits per heavy atom. The standard InChI is InChI=1S/C17H26ClNO2.2C14H20ClNO2/c1-4-7-11-21-13-19(16(20)12-18)17-14(5-2)9-8-10-15(17)6-3;1-4-11-7-6-8-12(5-2)14(11)16(10-18-3)13(17)9-15;1-4-12-8-6-7-11(3)14(12)16(10-18-5-2)13(17)9-15/h8-10H,4-7,11-13H2,1-3H3;2*6-8H,4-5,9-10H2,1-3H3. The summed E-state index contributed by atoms with van der Waals surface area (Å²) in [6.45, 7) is 18.4. The predicted molar refractivity (Wildman–Crippen MR) is 240 cm³/mol. The molecule has 0 N–H and O–H groups in total. The van der Waals surface area contributed by atoms with E-state index < -0.39 is 0 Å². The maximum absolute atomic E-state index is 12.2. The van der Waals surface area contributed by atoms with Crippen molar-refractivity contribution < 1.29 is 28.6 Å². The van der Waals surface area contributed by atoms with Gasteiger partial charge in [-0.1, -0.05) is 103 Å². The number of carbonyl (C=O) groups is 3. The zero-order valence-corrected chi connectivity index (χ0v) is 38.0. The molecule has 0 fully saturated rings. The molecule has 0 bridgehead atoms. The molecule has 0 spiro atoms. The van der Waals surface area contributed by atoms with Gasteiger partial charge in [0.1, 0.15) is 37.8 Å². The van der Waals surface area contributed by atoms with Gasteiger partial charge in [0.15, 0.2) is 0 Å². The third-order valence-electron chi connectivity index (χ3n) is 9.23. The number of aryl methyl sites for hydroxylation is 6. The molecule has 0 aliphatic carbocycles. The molecule has 0 heterocycles. The highest BCUT2D eigenvalue weighted by atomic mass is 35.5. The van der Waals surface area contributed by atoms with E-state index in [1.54, 1.807) is 21.8 Å². The topological polar surface area (TPSA) is 88.6 Å². The molecule has 0 aliphatic rings. The van der Waals surface area contributed by atoms with Crippen LogP contribution in [0.1, 0.15) is 94.7 Å². The summed E-state index contributed by atoms with van der Waals surface area (Å²) < 4.78 is 16.2. The number of benzene rings is 3. The van der Waals surface area contributed by atoms with Gasteiger partial charge in [-0.05, 0) is 85.8 Å². The lowest BCUT2D eigenvalue weighted by Gasteiger charge is -2.26. The Balaban J connectivity index is 0.000000429. The van der Waals surface area contributed by atoms with Gasteiger partial charge in [-0.25, -0.2) is 0 Å². The van der Waals surface area contributed by atoms with Crippen LogP contribution in [-0.2, 0) is 60.7 Å². The molecule has 0 radical (unpaired) electrons. The maximum atomic E-state index is 12.2. The average molecular weight is 851 g/mol. The van der Waals surface area contributed by atoms with Crippen LogP contribution in [0.15, 0.2) is 54.6 Å². The zero-order valence-electron chi connectivity index (χ0n) is 35.7. The Labute approximate surface area is 357 Å². The van der Waals surface area contributed by atoms with Gasteiger partial charge in [0.25, 0.3) is 0 Å². The SMILES string of the molecule is CCCCOCN(C(=O)CCl)c1c(CC)cccc1CC.CCOCN(C(=O)CCl)c1c(C)cccc1CC.CCc1cccc(CC)c1N(COC)C(=O)CCl. The summed E-state index contributed by atoms with van der Waals surface area (Å²) in [7, 11) is 1.58. The van der Waals surface area contributed by atoms with Gasteiger partial charge >= 0.3 is 0 Å². The van der Waals surface area contributed by atoms with Crippen molar-refractivity contribution in [3.63, 3.8) is 0 Å². The Bertz CT molecular complexity index is 1600. The number of para-hydroxylation sites is 3. The summed E-state index contributed by atoms with van der Waals surface area (Å²) in [6.07, 6.45) is 6.45. The molecule has 0 saturated carbocycles. The minimum Gasteiger partial charge on any atom is -0.364 e. The van der Waals surface area contributed by atoms with Crippen molar-refractivity contribution in [3.05, 3.63) is 88.0 Å². The quantitative estimate of drug-likeness (QED) is 0.0603. The van der Waals surface area contributed by atoms with Crippen LogP contribution in [0.2, 0.25) is 0 Å². The summed E-state index contributed by atoms with van der Waals surface area (Å²) in [5, 5.41) is 0. The van der Waals surface area contributed by atoms with Crippen molar-refractivity contribution in [2.24, 2.45) is 0 Å². The molecule has 57 heavy (non-hydrogen) atoms. The largest absolute Gasteiger partial charge is 0.364 e. The van der Waals surface area contributed by atoms with Crippen molar-refractivity contribution in [2.75, 3.05) is 72.9 Å². The highest BCUT2D eigenvalue weighted by Gasteiger charge is 2.22. The van der Waals surface area contributed by atoms with Crippen LogP contribution in [0.4, 0.5) is 17.1 Å². The number of methoxy groups -OCH3 is 1. The fourth-order valence-corrected chi connectivity index (χ4v) is 6.66. The summed E-state index contributed by atoms with van der Waals surface area (Å²) in [5.74, 6) is -0.472. The molecule has 318 valence electrons. The van der Waals surface area contributed by atoms with E-state index in [0.29, 0.717) is 13.2 Å². The Morgan fingerprint density at radius 1 is 0.526 bits per heavy atom. The first-order chi connectivity index (χ1) is 27.5. The minimum atomic E-state index is -0.130. The van der Waals surface area contributed by atoms with Crippen molar-refractivity contribution in [1.29, 1.82) is 0 Å². The van der Waals surface area contributed by atoms with Crippen molar-refractivity contribution in [3.8, 4) is 0 Å². The summed E-state index contributed by atoms with van der Waals surface area (Å²) >= 11 is 17.1. The van der Waals surface area contributed by atoms with Crippen LogP contribution in [0.5, 0.6) is 0 Å². The number of nitrogens with zero attached hydrogens (tertiary/aromatic N) is 3. The number of amides is 3. The fraction of sp³-hybridized carbons (Fsp3) is 0.533. The molecular formula is C45H66Cl3N3O6. The molecular weight excluding hydrogens is 785 g/mol. The van der Waals surface area contributed by atoms with Crippen molar-refractivity contribution in [1.82, 2.24) is 0 Å². The minimum absolute atomic E-state index is 0.0294. The summed E-state index contributed by atoms with van der Waals surface area (Å²) in [6, 6.07) is 18.3. The molecule has 12 heteroatoms. The number of hydrogen-bond donors (Lipinski definition) is 0. The highest BCUT2D eigenvalue weighted by Crippen LogP contribution is 2.29. The van der Waals surface area contributed by atoms with E-state index in [1.165, 1.54) is 0 Å². The van der Waals surface area contributed by atoms with E-state index in [9.17, 15) is 14.4 Å². The van der Waals surface area contributed by atoms with Crippen LogP contribution in [-0.4, -0.2) is 75.9 Å².